The molecule has 0 amide bonds. The molecule has 0 aliphatic heterocycles. The van der Waals surface area contributed by atoms with Gasteiger partial charge in [-0.1, -0.05) is 0 Å². The third-order valence-electron chi connectivity index (χ3n) is 3.15. The van der Waals surface area contributed by atoms with Gasteiger partial charge in [0.05, 0.1) is 6.10 Å². The van der Waals surface area contributed by atoms with Crippen LogP contribution in [0.25, 0.3) is 0 Å². The molecule has 1 fully saturated rings. The third kappa shape index (κ3) is 2.55. The summed E-state index contributed by atoms with van der Waals surface area (Å²) in [6, 6.07) is 4.57. The standard InChI is InChI=1S/C12H18N2O/c1-9(10-5-7-13-8-6-10)14-11-3-2-4-12(11)15/h5-9,11-12,14-15H,2-4H2,1H3. The highest BCUT2D eigenvalue weighted by molar-refractivity contribution is 5.14. The van der Waals surface area contributed by atoms with E-state index in [4.69, 9.17) is 0 Å². The molecule has 15 heavy (non-hydrogen) atoms. The van der Waals surface area contributed by atoms with Gasteiger partial charge in [-0.2, -0.15) is 0 Å². The normalized spacial score (nSPS) is 27.9. The molecule has 1 saturated carbocycles. The predicted molar refractivity (Wildman–Crippen MR) is 59.4 cm³/mol. The van der Waals surface area contributed by atoms with Crippen LogP contribution < -0.4 is 5.32 Å². The summed E-state index contributed by atoms with van der Waals surface area (Å²) in [7, 11) is 0. The van der Waals surface area contributed by atoms with E-state index in [9.17, 15) is 5.11 Å². The minimum atomic E-state index is -0.172. The van der Waals surface area contributed by atoms with Crippen LogP contribution in [0.2, 0.25) is 0 Å². The Morgan fingerprint density at radius 2 is 2.13 bits per heavy atom. The van der Waals surface area contributed by atoms with Crippen LogP contribution in [-0.2, 0) is 0 Å². The van der Waals surface area contributed by atoms with E-state index in [1.54, 1.807) is 12.4 Å². The summed E-state index contributed by atoms with van der Waals surface area (Å²) in [5.74, 6) is 0. The van der Waals surface area contributed by atoms with Crippen molar-refractivity contribution in [3.8, 4) is 0 Å². The second kappa shape index (κ2) is 4.73. The summed E-state index contributed by atoms with van der Waals surface area (Å²) in [5.41, 5.74) is 1.23. The Morgan fingerprint density at radius 1 is 1.40 bits per heavy atom. The molecule has 1 heterocycles. The van der Waals surface area contributed by atoms with Crippen molar-refractivity contribution < 1.29 is 5.11 Å². The number of aromatic nitrogens is 1. The Bertz CT molecular complexity index is 302. The minimum absolute atomic E-state index is 0.172. The lowest BCUT2D eigenvalue weighted by molar-refractivity contribution is 0.144. The molecule has 0 saturated heterocycles. The zero-order valence-corrected chi connectivity index (χ0v) is 9.06. The van der Waals surface area contributed by atoms with E-state index >= 15 is 0 Å². The molecule has 3 unspecified atom stereocenters. The van der Waals surface area contributed by atoms with Crippen LogP contribution in [0.3, 0.4) is 0 Å². The molecule has 3 nitrogen and oxygen atoms in total. The lowest BCUT2D eigenvalue weighted by atomic mass is 10.1. The molecule has 82 valence electrons. The van der Waals surface area contributed by atoms with Gasteiger partial charge in [-0.3, -0.25) is 4.98 Å². The average molecular weight is 206 g/mol. The number of pyridine rings is 1. The van der Waals surface area contributed by atoms with E-state index in [0.717, 1.165) is 19.3 Å². The van der Waals surface area contributed by atoms with Gasteiger partial charge >= 0.3 is 0 Å². The summed E-state index contributed by atoms with van der Waals surface area (Å²) in [6.45, 7) is 2.13. The van der Waals surface area contributed by atoms with Crippen LogP contribution in [0.4, 0.5) is 0 Å². The van der Waals surface area contributed by atoms with Crippen molar-refractivity contribution in [1.82, 2.24) is 10.3 Å². The number of aliphatic hydroxyl groups is 1. The molecule has 1 aromatic heterocycles. The molecule has 2 N–H and O–H groups in total. The Balaban J connectivity index is 1.95. The first-order chi connectivity index (χ1) is 7.27. The topological polar surface area (TPSA) is 45.1 Å². The van der Waals surface area contributed by atoms with E-state index < -0.39 is 0 Å². The maximum Gasteiger partial charge on any atom is 0.0693 e. The van der Waals surface area contributed by atoms with Gasteiger partial charge in [-0.15, -0.1) is 0 Å². The monoisotopic (exact) mass is 206 g/mol. The summed E-state index contributed by atoms with van der Waals surface area (Å²) in [6.07, 6.45) is 6.57. The fourth-order valence-electron chi connectivity index (χ4n) is 2.20. The van der Waals surface area contributed by atoms with E-state index in [0.29, 0.717) is 0 Å². The van der Waals surface area contributed by atoms with Crippen molar-refractivity contribution in [3.63, 3.8) is 0 Å². The molecule has 0 radical (unpaired) electrons. The summed E-state index contributed by atoms with van der Waals surface area (Å²) < 4.78 is 0. The van der Waals surface area contributed by atoms with E-state index in [1.807, 2.05) is 12.1 Å². The molecule has 1 aliphatic carbocycles. The van der Waals surface area contributed by atoms with Gasteiger partial charge in [0.1, 0.15) is 0 Å². The lowest BCUT2D eigenvalue weighted by Gasteiger charge is -2.22. The van der Waals surface area contributed by atoms with Gasteiger partial charge < -0.3 is 10.4 Å². The van der Waals surface area contributed by atoms with E-state index in [1.165, 1.54) is 5.56 Å². The predicted octanol–water partition coefficient (Wildman–Crippen LogP) is 1.65. The summed E-state index contributed by atoms with van der Waals surface area (Å²) >= 11 is 0. The van der Waals surface area contributed by atoms with Crippen molar-refractivity contribution in [2.24, 2.45) is 0 Å². The number of nitrogens with zero attached hydrogens (tertiary/aromatic N) is 1. The fraction of sp³-hybridized carbons (Fsp3) is 0.583. The smallest absolute Gasteiger partial charge is 0.0693 e. The van der Waals surface area contributed by atoms with Gasteiger partial charge in [-0.25, -0.2) is 0 Å². The molecular formula is C12H18N2O. The molecule has 0 bridgehead atoms. The highest BCUT2D eigenvalue weighted by Gasteiger charge is 2.26. The van der Waals surface area contributed by atoms with Crippen molar-refractivity contribution >= 4 is 0 Å². The molecule has 3 heteroatoms. The second-order valence-electron chi connectivity index (χ2n) is 4.27. The Labute approximate surface area is 90.5 Å². The van der Waals surface area contributed by atoms with Crippen LogP contribution in [-0.4, -0.2) is 22.2 Å². The Hall–Kier alpha value is -0.930. The van der Waals surface area contributed by atoms with Crippen LogP contribution >= 0.6 is 0 Å². The van der Waals surface area contributed by atoms with Crippen LogP contribution in [0.5, 0.6) is 0 Å². The summed E-state index contributed by atoms with van der Waals surface area (Å²) in [4.78, 5) is 4.00. The number of hydrogen-bond donors (Lipinski definition) is 2. The van der Waals surface area contributed by atoms with E-state index in [-0.39, 0.29) is 18.2 Å². The van der Waals surface area contributed by atoms with Gasteiger partial charge in [0.25, 0.3) is 0 Å². The molecule has 0 spiro atoms. The fourth-order valence-corrected chi connectivity index (χ4v) is 2.20. The van der Waals surface area contributed by atoms with Crippen molar-refractivity contribution in [3.05, 3.63) is 30.1 Å². The van der Waals surface area contributed by atoms with Crippen LogP contribution in [0.1, 0.15) is 37.8 Å². The average Bonchev–Trinajstić information content (AvgIpc) is 2.66. The van der Waals surface area contributed by atoms with E-state index in [2.05, 4.69) is 17.2 Å². The maximum absolute atomic E-state index is 9.71. The van der Waals surface area contributed by atoms with Gasteiger partial charge in [0.15, 0.2) is 0 Å². The number of aliphatic hydroxyl groups excluding tert-OH is 1. The SMILES string of the molecule is CC(NC1CCCC1O)c1ccncc1. The first kappa shape index (κ1) is 10.6. The second-order valence-corrected chi connectivity index (χ2v) is 4.27. The summed E-state index contributed by atoms with van der Waals surface area (Å²) in [5, 5.41) is 13.2. The zero-order valence-electron chi connectivity index (χ0n) is 9.06. The number of rotatable bonds is 3. The van der Waals surface area contributed by atoms with Crippen molar-refractivity contribution in [1.29, 1.82) is 0 Å². The third-order valence-corrected chi connectivity index (χ3v) is 3.15. The zero-order chi connectivity index (χ0) is 10.7. The molecule has 0 aromatic carbocycles. The lowest BCUT2D eigenvalue weighted by Crippen LogP contribution is -2.37. The number of nitrogens with one attached hydrogen (secondary N) is 1. The van der Waals surface area contributed by atoms with Crippen LogP contribution in [0, 0.1) is 0 Å². The van der Waals surface area contributed by atoms with Gasteiger partial charge in [0, 0.05) is 24.5 Å². The minimum Gasteiger partial charge on any atom is -0.392 e. The largest absolute Gasteiger partial charge is 0.392 e. The molecule has 2 rings (SSSR count). The first-order valence-electron chi connectivity index (χ1n) is 5.61. The molecule has 1 aliphatic rings. The quantitative estimate of drug-likeness (QED) is 0.790. The van der Waals surface area contributed by atoms with Crippen LogP contribution in [0.15, 0.2) is 24.5 Å². The molecule has 3 atom stereocenters. The molecular weight excluding hydrogens is 188 g/mol. The highest BCUT2D eigenvalue weighted by atomic mass is 16.3. The van der Waals surface area contributed by atoms with Crippen molar-refractivity contribution in [2.75, 3.05) is 0 Å². The van der Waals surface area contributed by atoms with Gasteiger partial charge in [0.2, 0.25) is 0 Å². The Morgan fingerprint density at radius 3 is 2.73 bits per heavy atom. The highest BCUT2D eigenvalue weighted by Crippen LogP contribution is 2.22. The van der Waals surface area contributed by atoms with Gasteiger partial charge in [-0.05, 0) is 43.9 Å². The maximum atomic E-state index is 9.71. The number of hydrogen-bond acceptors (Lipinski definition) is 3. The molecule has 1 aromatic rings. The Kier molecular flexibility index (Phi) is 3.34. The first-order valence-corrected chi connectivity index (χ1v) is 5.61. The van der Waals surface area contributed by atoms with Crippen molar-refractivity contribution in [2.45, 2.75) is 44.4 Å².